The molecule has 1 N–H and O–H groups in total. The number of benzene rings is 3. The van der Waals surface area contributed by atoms with Gasteiger partial charge >= 0.3 is 0 Å². The van der Waals surface area contributed by atoms with Crippen LogP contribution in [0.5, 0.6) is 0 Å². The maximum atomic E-state index is 14.3. The van der Waals surface area contributed by atoms with Crippen LogP contribution in [-0.4, -0.2) is 32.4 Å². The van der Waals surface area contributed by atoms with Crippen LogP contribution in [0.3, 0.4) is 0 Å². The van der Waals surface area contributed by atoms with Gasteiger partial charge in [-0.25, -0.2) is 12.8 Å². The summed E-state index contributed by atoms with van der Waals surface area (Å²) < 4.78 is 39.8. The third kappa shape index (κ3) is 4.97. The van der Waals surface area contributed by atoms with Crippen molar-refractivity contribution in [3.63, 3.8) is 0 Å². The number of carbonyl (C=O) groups is 2. The molecule has 0 aliphatic carbocycles. The summed E-state index contributed by atoms with van der Waals surface area (Å²) in [6, 6.07) is 19.0. The van der Waals surface area contributed by atoms with Gasteiger partial charge in [0.1, 0.15) is 11.9 Å². The molecule has 1 amide bonds. The Hall–Kier alpha value is -3.52. The Morgan fingerprint density at radius 1 is 0.903 bits per heavy atom. The molecular formula is C23H21FN2O4S. The number of rotatable bonds is 7. The minimum Gasteiger partial charge on any atom is -0.324 e. The molecule has 3 aromatic carbocycles. The maximum absolute atomic E-state index is 14.3. The highest BCUT2D eigenvalue weighted by atomic mass is 32.2. The van der Waals surface area contributed by atoms with Gasteiger partial charge in [-0.05, 0) is 31.2 Å². The topological polar surface area (TPSA) is 83.6 Å². The van der Waals surface area contributed by atoms with Gasteiger partial charge in [0.05, 0.1) is 17.6 Å². The summed E-state index contributed by atoms with van der Waals surface area (Å²) in [6.07, 6.45) is 0.899. The summed E-state index contributed by atoms with van der Waals surface area (Å²) in [4.78, 5) is 25.8. The lowest BCUT2D eigenvalue weighted by Crippen LogP contribution is -2.45. The quantitative estimate of drug-likeness (QED) is 0.566. The molecule has 6 nitrogen and oxygen atoms in total. The van der Waals surface area contributed by atoms with E-state index >= 15 is 0 Å². The zero-order valence-electron chi connectivity index (χ0n) is 16.9. The van der Waals surface area contributed by atoms with Gasteiger partial charge in [-0.3, -0.25) is 13.9 Å². The molecule has 1 atom stereocenters. The molecule has 0 saturated carbocycles. The number of ketones is 1. The maximum Gasteiger partial charge on any atom is 0.248 e. The van der Waals surface area contributed by atoms with Crippen molar-refractivity contribution in [3.8, 4) is 0 Å². The summed E-state index contributed by atoms with van der Waals surface area (Å²) in [5.74, 6) is -1.77. The smallest absolute Gasteiger partial charge is 0.248 e. The highest BCUT2D eigenvalue weighted by molar-refractivity contribution is 7.92. The van der Waals surface area contributed by atoms with Crippen LogP contribution >= 0.6 is 0 Å². The Bertz CT molecular complexity index is 1210. The number of hydrogen-bond acceptors (Lipinski definition) is 4. The van der Waals surface area contributed by atoms with Crippen molar-refractivity contribution in [3.05, 3.63) is 95.8 Å². The summed E-state index contributed by atoms with van der Waals surface area (Å²) in [5, 5.41) is 2.61. The Morgan fingerprint density at radius 2 is 1.48 bits per heavy atom. The van der Waals surface area contributed by atoms with Gasteiger partial charge in [-0.15, -0.1) is 0 Å². The summed E-state index contributed by atoms with van der Waals surface area (Å²) in [7, 11) is -3.98. The van der Waals surface area contributed by atoms with Crippen molar-refractivity contribution in [2.45, 2.75) is 13.0 Å². The molecular weight excluding hydrogens is 419 g/mol. The van der Waals surface area contributed by atoms with E-state index in [-0.39, 0.29) is 22.7 Å². The molecule has 0 heterocycles. The number of anilines is 2. The number of carbonyl (C=O) groups excluding carboxylic acids is 2. The van der Waals surface area contributed by atoms with E-state index in [1.165, 1.54) is 25.1 Å². The van der Waals surface area contributed by atoms with Crippen molar-refractivity contribution in [2.24, 2.45) is 0 Å². The number of nitrogens with zero attached hydrogens (tertiary/aromatic N) is 1. The lowest BCUT2D eigenvalue weighted by atomic mass is 10.0. The summed E-state index contributed by atoms with van der Waals surface area (Å²) >= 11 is 0. The highest BCUT2D eigenvalue weighted by Crippen LogP contribution is 2.25. The van der Waals surface area contributed by atoms with E-state index in [4.69, 9.17) is 0 Å². The largest absolute Gasteiger partial charge is 0.324 e. The molecule has 160 valence electrons. The van der Waals surface area contributed by atoms with Gasteiger partial charge < -0.3 is 5.32 Å². The zero-order valence-corrected chi connectivity index (χ0v) is 17.8. The van der Waals surface area contributed by atoms with Crippen LogP contribution in [0.4, 0.5) is 15.8 Å². The number of sulfonamides is 1. The average Bonchev–Trinajstić information content (AvgIpc) is 2.75. The fourth-order valence-electron chi connectivity index (χ4n) is 3.18. The molecule has 0 radical (unpaired) electrons. The average molecular weight is 440 g/mol. The number of halogens is 1. The number of nitrogens with one attached hydrogen (secondary N) is 1. The number of hydrogen-bond donors (Lipinski definition) is 1. The predicted molar refractivity (Wildman–Crippen MR) is 118 cm³/mol. The van der Waals surface area contributed by atoms with Crippen molar-refractivity contribution in [1.29, 1.82) is 0 Å². The second-order valence-corrected chi connectivity index (χ2v) is 8.78. The Kier molecular flexibility index (Phi) is 6.50. The molecule has 3 rings (SSSR count). The molecule has 8 heteroatoms. The Morgan fingerprint density at radius 3 is 2.13 bits per heavy atom. The first-order valence-corrected chi connectivity index (χ1v) is 11.3. The second kappa shape index (κ2) is 9.09. The SMILES string of the molecule is C[C@@H](C(=O)Nc1ccccc1C(=O)c1ccccc1)N(c1ccccc1F)S(C)(=O)=O. The first-order chi connectivity index (χ1) is 14.7. The molecule has 0 fully saturated rings. The normalized spacial score (nSPS) is 12.1. The summed E-state index contributed by atoms with van der Waals surface area (Å²) in [5.41, 5.74) is 0.698. The van der Waals surface area contributed by atoms with E-state index in [0.29, 0.717) is 5.56 Å². The summed E-state index contributed by atoms with van der Waals surface area (Å²) in [6.45, 7) is 1.35. The molecule has 0 aliphatic heterocycles. The van der Waals surface area contributed by atoms with Crippen LogP contribution in [0.25, 0.3) is 0 Å². The lowest BCUT2D eigenvalue weighted by Gasteiger charge is -2.28. The fraction of sp³-hybridized carbons (Fsp3) is 0.130. The monoisotopic (exact) mass is 440 g/mol. The molecule has 0 aromatic heterocycles. The van der Waals surface area contributed by atoms with Gasteiger partial charge in [-0.2, -0.15) is 0 Å². The van der Waals surface area contributed by atoms with Crippen molar-refractivity contribution in [1.82, 2.24) is 0 Å². The van der Waals surface area contributed by atoms with Crippen molar-refractivity contribution < 1.29 is 22.4 Å². The zero-order chi connectivity index (χ0) is 22.6. The minimum absolute atomic E-state index is 0.232. The van der Waals surface area contributed by atoms with Crippen LogP contribution in [0.1, 0.15) is 22.8 Å². The van der Waals surface area contributed by atoms with Crippen LogP contribution in [0, 0.1) is 5.82 Å². The van der Waals surface area contributed by atoms with Crippen molar-refractivity contribution in [2.75, 3.05) is 15.9 Å². The molecule has 0 aliphatic rings. The highest BCUT2D eigenvalue weighted by Gasteiger charge is 2.31. The van der Waals surface area contributed by atoms with Crippen LogP contribution in [0.15, 0.2) is 78.9 Å². The molecule has 0 bridgehead atoms. The minimum atomic E-state index is -3.98. The second-order valence-electron chi connectivity index (χ2n) is 6.92. The number of para-hydroxylation sites is 2. The van der Waals surface area contributed by atoms with E-state index < -0.39 is 27.8 Å². The van der Waals surface area contributed by atoms with E-state index in [2.05, 4.69) is 5.32 Å². The first kappa shape index (κ1) is 22.2. The van der Waals surface area contributed by atoms with Gasteiger partial charge in [0.15, 0.2) is 5.78 Å². The van der Waals surface area contributed by atoms with Gasteiger partial charge in [-0.1, -0.05) is 54.6 Å². The molecule has 3 aromatic rings. The van der Waals surface area contributed by atoms with Crippen molar-refractivity contribution >= 4 is 33.1 Å². The van der Waals surface area contributed by atoms with Gasteiger partial charge in [0, 0.05) is 11.1 Å². The van der Waals surface area contributed by atoms with Crippen LogP contribution < -0.4 is 9.62 Å². The van der Waals surface area contributed by atoms with E-state index in [1.54, 1.807) is 54.6 Å². The molecule has 0 spiro atoms. The number of amides is 1. The predicted octanol–water partition coefficient (Wildman–Crippen LogP) is 3.85. The Labute approximate surface area is 180 Å². The van der Waals surface area contributed by atoms with Gasteiger partial charge in [0.25, 0.3) is 0 Å². The fourth-order valence-corrected chi connectivity index (χ4v) is 4.36. The van der Waals surface area contributed by atoms with E-state index in [1.807, 2.05) is 0 Å². The van der Waals surface area contributed by atoms with E-state index in [9.17, 15) is 22.4 Å². The molecule has 31 heavy (non-hydrogen) atoms. The first-order valence-electron chi connectivity index (χ1n) is 9.43. The van der Waals surface area contributed by atoms with Crippen LogP contribution in [-0.2, 0) is 14.8 Å². The molecule has 0 saturated heterocycles. The van der Waals surface area contributed by atoms with Gasteiger partial charge in [0.2, 0.25) is 15.9 Å². The standard InChI is InChI=1S/C23H21FN2O4S/c1-16(26(31(2,29)30)21-15-9-7-13-19(21)24)23(28)25-20-14-8-6-12-18(20)22(27)17-10-4-3-5-11-17/h3-16H,1-2H3,(H,25,28)/t16-/m0/s1. The third-order valence-electron chi connectivity index (χ3n) is 4.64. The lowest BCUT2D eigenvalue weighted by molar-refractivity contribution is -0.116. The Balaban J connectivity index is 1.92. The molecule has 0 unspecified atom stereocenters. The van der Waals surface area contributed by atoms with E-state index in [0.717, 1.165) is 16.6 Å². The third-order valence-corrected chi connectivity index (χ3v) is 5.87. The van der Waals surface area contributed by atoms with Crippen LogP contribution in [0.2, 0.25) is 0 Å².